The molecule has 2 heterocycles. The number of nitrogens with zero attached hydrogens (tertiary/aromatic N) is 3. The van der Waals surface area contributed by atoms with Gasteiger partial charge in [0.2, 0.25) is 0 Å². The summed E-state index contributed by atoms with van der Waals surface area (Å²) in [5.41, 5.74) is 3.29. The summed E-state index contributed by atoms with van der Waals surface area (Å²) in [7, 11) is 1.87. The molecule has 0 radical (unpaired) electrons. The normalized spacial score (nSPS) is 12.1. The molecule has 1 aromatic carbocycles. The average Bonchev–Trinajstić information content (AvgIpc) is 3.23. The van der Waals surface area contributed by atoms with Crippen LogP contribution in [0.15, 0.2) is 48.7 Å². The van der Waals surface area contributed by atoms with Crippen LogP contribution in [0.1, 0.15) is 46.8 Å². The van der Waals surface area contributed by atoms with Crippen LogP contribution in [0.5, 0.6) is 0 Å². The Morgan fingerprint density at radius 2 is 2.08 bits per heavy atom. The van der Waals surface area contributed by atoms with Crippen LogP contribution in [0.2, 0.25) is 0 Å². The van der Waals surface area contributed by atoms with Crippen molar-refractivity contribution in [3.05, 3.63) is 71.3 Å². The number of hydrogen-bond acceptors (Lipinski definition) is 3. The van der Waals surface area contributed by atoms with E-state index in [4.69, 9.17) is 0 Å². The molecule has 0 saturated heterocycles. The zero-order valence-electron chi connectivity index (χ0n) is 13.9. The highest BCUT2D eigenvalue weighted by Crippen LogP contribution is 2.21. The van der Waals surface area contributed by atoms with Gasteiger partial charge in [-0.25, -0.2) is 0 Å². The number of carbonyl (C=O) groups excluding carboxylic acids is 1. The fourth-order valence-corrected chi connectivity index (χ4v) is 2.72. The zero-order chi connectivity index (χ0) is 16.9. The molecule has 6 nitrogen and oxygen atoms in total. The van der Waals surface area contributed by atoms with Gasteiger partial charge in [-0.15, -0.1) is 0 Å². The molecular formula is C18H21N5O. The fraction of sp³-hybridized carbons (Fsp3) is 0.278. The molecule has 124 valence electrons. The van der Waals surface area contributed by atoms with E-state index < -0.39 is 0 Å². The van der Waals surface area contributed by atoms with Crippen molar-refractivity contribution in [2.45, 2.75) is 25.8 Å². The summed E-state index contributed by atoms with van der Waals surface area (Å²) in [6, 6.07) is 13.3. The molecule has 2 aromatic heterocycles. The summed E-state index contributed by atoms with van der Waals surface area (Å²) >= 11 is 0. The summed E-state index contributed by atoms with van der Waals surface area (Å²) in [6.45, 7) is 2.09. The first-order valence-electron chi connectivity index (χ1n) is 8.07. The number of rotatable bonds is 6. The maximum atomic E-state index is 12.6. The molecule has 0 aliphatic carbocycles. The van der Waals surface area contributed by atoms with Crippen molar-refractivity contribution in [1.29, 1.82) is 0 Å². The predicted octanol–water partition coefficient (Wildman–Crippen LogP) is 2.62. The average molecular weight is 323 g/mol. The lowest BCUT2D eigenvalue weighted by atomic mass is 10.0. The van der Waals surface area contributed by atoms with Crippen molar-refractivity contribution >= 4 is 5.91 Å². The Balaban J connectivity index is 1.86. The first-order valence-corrected chi connectivity index (χ1v) is 8.07. The standard InChI is InChI=1S/C18H21N5O/c1-3-7-14-12-15(22-21-14)18(24)20-17(13-8-5-4-6-9-13)16-10-11-19-23(16)2/h4-6,8-12,17H,3,7H2,1-2H3,(H,20,24)(H,21,22)/t17-/m1/s1. The minimum absolute atomic E-state index is 0.205. The Kier molecular flexibility index (Phi) is 4.74. The van der Waals surface area contributed by atoms with Crippen molar-refractivity contribution in [3.63, 3.8) is 0 Å². The van der Waals surface area contributed by atoms with E-state index in [0.29, 0.717) is 5.69 Å². The molecular weight excluding hydrogens is 302 g/mol. The van der Waals surface area contributed by atoms with Crippen molar-refractivity contribution in [1.82, 2.24) is 25.3 Å². The summed E-state index contributed by atoms with van der Waals surface area (Å²) < 4.78 is 1.77. The lowest BCUT2D eigenvalue weighted by molar-refractivity contribution is 0.0936. The van der Waals surface area contributed by atoms with Crippen LogP contribution in [0, 0.1) is 0 Å². The van der Waals surface area contributed by atoms with Crippen molar-refractivity contribution in [2.24, 2.45) is 7.05 Å². The van der Waals surface area contributed by atoms with Gasteiger partial charge in [0.05, 0.1) is 11.7 Å². The van der Waals surface area contributed by atoms with Gasteiger partial charge in [0.15, 0.2) is 0 Å². The van der Waals surface area contributed by atoms with Crippen molar-refractivity contribution < 1.29 is 4.79 Å². The van der Waals surface area contributed by atoms with E-state index in [2.05, 4.69) is 27.5 Å². The van der Waals surface area contributed by atoms with Gasteiger partial charge < -0.3 is 5.32 Å². The molecule has 0 aliphatic rings. The second kappa shape index (κ2) is 7.12. The molecule has 6 heteroatoms. The molecule has 1 amide bonds. The predicted molar refractivity (Wildman–Crippen MR) is 91.5 cm³/mol. The molecule has 0 unspecified atom stereocenters. The molecule has 2 N–H and O–H groups in total. The minimum atomic E-state index is -0.280. The number of aromatic nitrogens is 4. The maximum absolute atomic E-state index is 12.6. The molecule has 0 saturated carbocycles. The van der Waals surface area contributed by atoms with Crippen LogP contribution in [0.4, 0.5) is 0 Å². The minimum Gasteiger partial charge on any atom is -0.338 e. The number of aromatic amines is 1. The van der Waals surface area contributed by atoms with Gasteiger partial charge in [-0.3, -0.25) is 14.6 Å². The SMILES string of the molecule is CCCc1cc(C(=O)N[C@H](c2ccccc2)c2ccnn2C)n[nH]1. The second-order valence-electron chi connectivity index (χ2n) is 5.73. The van der Waals surface area contributed by atoms with Gasteiger partial charge in [0, 0.05) is 18.9 Å². The summed E-state index contributed by atoms with van der Waals surface area (Å²) in [4.78, 5) is 12.6. The first-order chi connectivity index (χ1) is 11.7. The number of benzene rings is 1. The molecule has 0 bridgehead atoms. The Labute approximate surface area is 140 Å². The maximum Gasteiger partial charge on any atom is 0.272 e. The third kappa shape index (κ3) is 3.37. The Morgan fingerprint density at radius 1 is 1.29 bits per heavy atom. The van der Waals surface area contributed by atoms with E-state index in [0.717, 1.165) is 29.8 Å². The number of nitrogens with one attached hydrogen (secondary N) is 2. The zero-order valence-corrected chi connectivity index (χ0v) is 13.9. The van der Waals surface area contributed by atoms with Gasteiger partial charge in [0.25, 0.3) is 5.91 Å². The number of amides is 1. The molecule has 3 rings (SSSR count). The van der Waals surface area contributed by atoms with Crippen molar-refractivity contribution in [3.8, 4) is 0 Å². The quantitative estimate of drug-likeness (QED) is 0.732. The van der Waals surface area contributed by atoms with Crippen LogP contribution >= 0.6 is 0 Å². The smallest absolute Gasteiger partial charge is 0.272 e. The highest BCUT2D eigenvalue weighted by atomic mass is 16.2. The van der Waals surface area contributed by atoms with Crippen LogP contribution in [0.25, 0.3) is 0 Å². The topological polar surface area (TPSA) is 75.6 Å². The van der Waals surface area contributed by atoms with Gasteiger partial charge in [-0.1, -0.05) is 43.7 Å². The van der Waals surface area contributed by atoms with Crippen molar-refractivity contribution in [2.75, 3.05) is 0 Å². The lowest BCUT2D eigenvalue weighted by Crippen LogP contribution is -2.31. The molecule has 24 heavy (non-hydrogen) atoms. The number of hydrogen-bond donors (Lipinski definition) is 2. The van der Waals surface area contributed by atoms with E-state index in [1.54, 1.807) is 10.9 Å². The van der Waals surface area contributed by atoms with Crippen LogP contribution < -0.4 is 5.32 Å². The van der Waals surface area contributed by atoms with E-state index >= 15 is 0 Å². The molecule has 0 spiro atoms. The van der Waals surface area contributed by atoms with Crippen LogP contribution in [-0.2, 0) is 13.5 Å². The third-order valence-corrected chi connectivity index (χ3v) is 3.95. The van der Waals surface area contributed by atoms with E-state index in [1.807, 2.05) is 49.5 Å². The Morgan fingerprint density at radius 3 is 2.75 bits per heavy atom. The van der Waals surface area contributed by atoms with Gasteiger partial charge in [-0.2, -0.15) is 10.2 Å². The van der Waals surface area contributed by atoms with E-state index in [9.17, 15) is 4.79 Å². The Hall–Kier alpha value is -2.89. The Bertz CT molecular complexity index is 806. The van der Waals surface area contributed by atoms with Gasteiger partial charge in [-0.05, 0) is 24.1 Å². The third-order valence-electron chi connectivity index (χ3n) is 3.95. The second-order valence-corrected chi connectivity index (χ2v) is 5.73. The van der Waals surface area contributed by atoms with Crippen LogP contribution in [-0.4, -0.2) is 25.9 Å². The molecule has 0 fully saturated rings. The monoisotopic (exact) mass is 323 g/mol. The highest BCUT2D eigenvalue weighted by molar-refractivity contribution is 5.92. The molecule has 0 aliphatic heterocycles. The number of carbonyl (C=O) groups is 1. The van der Waals surface area contributed by atoms with Gasteiger partial charge >= 0.3 is 0 Å². The summed E-state index contributed by atoms with van der Waals surface area (Å²) in [5, 5.41) is 14.3. The lowest BCUT2D eigenvalue weighted by Gasteiger charge is -2.19. The summed E-state index contributed by atoms with van der Waals surface area (Å²) in [6.07, 6.45) is 3.61. The fourth-order valence-electron chi connectivity index (χ4n) is 2.72. The number of H-pyrrole nitrogens is 1. The summed E-state index contributed by atoms with van der Waals surface area (Å²) in [5.74, 6) is -0.205. The van der Waals surface area contributed by atoms with Crippen LogP contribution in [0.3, 0.4) is 0 Å². The van der Waals surface area contributed by atoms with E-state index in [-0.39, 0.29) is 11.9 Å². The van der Waals surface area contributed by atoms with E-state index in [1.165, 1.54) is 0 Å². The molecule has 3 aromatic rings. The highest BCUT2D eigenvalue weighted by Gasteiger charge is 2.21. The first kappa shape index (κ1) is 16.0. The van der Waals surface area contributed by atoms with Gasteiger partial charge in [0.1, 0.15) is 5.69 Å². The largest absolute Gasteiger partial charge is 0.338 e. The molecule has 1 atom stereocenters. The number of aryl methyl sites for hydroxylation is 2.